The maximum Gasteiger partial charge on any atom is 0.274 e. The Hall–Kier alpha value is -2.08. The number of amides is 1. The van der Waals surface area contributed by atoms with Gasteiger partial charge in [0.15, 0.2) is 0 Å². The summed E-state index contributed by atoms with van der Waals surface area (Å²) in [6.07, 6.45) is 1.34. The van der Waals surface area contributed by atoms with E-state index in [1.54, 1.807) is 6.07 Å². The monoisotopic (exact) mass is 338 g/mol. The topological polar surface area (TPSA) is 41.5 Å². The van der Waals surface area contributed by atoms with Crippen LogP contribution in [0.2, 0.25) is 0 Å². The highest BCUT2D eigenvalue weighted by atomic mass is 79.9. The minimum absolute atomic E-state index is 0.0927. The van der Waals surface area contributed by atoms with Gasteiger partial charge < -0.3 is 0 Å². The largest absolute Gasteiger partial charge is 0.274 e. The summed E-state index contributed by atoms with van der Waals surface area (Å²) < 4.78 is 26.6. The van der Waals surface area contributed by atoms with Crippen LogP contribution in [-0.4, -0.2) is 12.1 Å². The van der Waals surface area contributed by atoms with Gasteiger partial charge in [0.25, 0.3) is 5.91 Å². The Morgan fingerprint density at radius 1 is 1.15 bits per heavy atom. The Balaban J connectivity index is 2.05. The highest BCUT2D eigenvalue weighted by molar-refractivity contribution is 9.10. The van der Waals surface area contributed by atoms with Crippen molar-refractivity contribution in [3.8, 4) is 0 Å². The van der Waals surface area contributed by atoms with Crippen LogP contribution in [0.4, 0.5) is 8.78 Å². The van der Waals surface area contributed by atoms with Crippen LogP contribution < -0.4 is 5.43 Å². The molecule has 0 bridgehead atoms. The van der Waals surface area contributed by atoms with Gasteiger partial charge in [-0.3, -0.25) is 4.79 Å². The van der Waals surface area contributed by atoms with Gasteiger partial charge in [0, 0.05) is 0 Å². The zero-order valence-corrected chi connectivity index (χ0v) is 11.7. The zero-order chi connectivity index (χ0) is 14.5. The number of hydrazone groups is 1. The molecule has 2 rings (SSSR count). The fourth-order valence-electron chi connectivity index (χ4n) is 1.46. The minimum atomic E-state index is -0.652. The highest BCUT2D eigenvalue weighted by Crippen LogP contribution is 2.15. The lowest BCUT2D eigenvalue weighted by atomic mass is 10.2. The maximum atomic E-state index is 13.3. The van der Waals surface area contributed by atoms with Crippen molar-refractivity contribution < 1.29 is 13.6 Å². The third-order valence-electron chi connectivity index (χ3n) is 2.44. The number of carbonyl (C=O) groups excluding carboxylic acids is 1. The molecule has 0 aromatic heterocycles. The van der Waals surface area contributed by atoms with Crippen LogP contribution in [-0.2, 0) is 0 Å². The van der Waals surface area contributed by atoms with E-state index >= 15 is 0 Å². The molecule has 6 heteroatoms. The van der Waals surface area contributed by atoms with Crippen LogP contribution in [0.25, 0.3) is 0 Å². The number of rotatable bonds is 3. The fraction of sp³-hybridized carbons (Fsp3) is 0. The van der Waals surface area contributed by atoms with Gasteiger partial charge in [0.2, 0.25) is 0 Å². The molecule has 0 aliphatic heterocycles. The van der Waals surface area contributed by atoms with Crippen molar-refractivity contribution in [3.63, 3.8) is 0 Å². The molecule has 0 heterocycles. The summed E-state index contributed by atoms with van der Waals surface area (Å²) in [6.45, 7) is 0. The summed E-state index contributed by atoms with van der Waals surface area (Å²) in [4.78, 5) is 11.6. The van der Waals surface area contributed by atoms with Gasteiger partial charge in [-0.25, -0.2) is 14.2 Å². The van der Waals surface area contributed by atoms with Crippen molar-refractivity contribution in [2.24, 2.45) is 5.10 Å². The Kier molecular flexibility index (Phi) is 4.57. The van der Waals surface area contributed by atoms with Gasteiger partial charge in [-0.05, 0) is 45.8 Å². The lowest BCUT2D eigenvalue weighted by molar-refractivity contribution is 0.0951. The van der Waals surface area contributed by atoms with Crippen LogP contribution in [0.15, 0.2) is 52.0 Å². The maximum absolute atomic E-state index is 13.3. The number of nitrogens with one attached hydrogen (secondary N) is 1. The third kappa shape index (κ3) is 3.48. The predicted molar refractivity (Wildman–Crippen MR) is 75.6 cm³/mol. The Morgan fingerprint density at radius 2 is 1.90 bits per heavy atom. The first-order valence-corrected chi connectivity index (χ1v) is 6.40. The van der Waals surface area contributed by atoms with Crippen molar-refractivity contribution in [3.05, 3.63) is 69.7 Å². The smallest absolute Gasteiger partial charge is 0.267 e. The van der Waals surface area contributed by atoms with E-state index in [4.69, 9.17) is 0 Å². The lowest BCUT2D eigenvalue weighted by Crippen LogP contribution is -2.18. The van der Waals surface area contributed by atoms with E-state index in [0.717, 1.165) is 0 Å². The van der Waals surface area contributed by atoms with Gasteiger partial charge in [0.1, 0.15) is 11.6 Å². The van der Waals surface area contributed by atoms with Crippen molar-refractivity contribution in [2.45, 2.75) is 0 Å². The first kappa shape index (κ1) is 14.3. The van der Waals surface area contributed by atoms with Crippen molar-refractivity contribution >= 4 is 28.1 Å². The molecule has 3 nitrogen and oxygen atoms in total. The Morgan fingerprint density at radius 3 is 2.60 bits per heavy atom. The molecule has 0 aliphatic carbocycles. The van der Waals surface area contributed by atoms with E-state index in [9.17, 15) is 13.6 Å². The van der Waals surface area contributed by atoms with Crippen molar-refractivity contribution in [2.75, 3.05) is 0 Å². The fourth-order valence-corrected chi connectivity index (χ4v) is 1.86. The SMILES string of the molecule is O=C(N/N=C/c1ccc(F)c(Br)c1)c1ccccc1F. The normalized spacial score (nSPS) is 10.8. The molecule has 0 radical (unpaired) electrons. The molecule has 0 fully saturated rings. The molecule has 2 aromatic carbocycles. The molecule has 0 aliphatic rings. The average Bonchev–Trinajstić information content (AvgIpc) is 2.43. The van der Waals surface area contributed by atoms with Gasteiger partial charge in [-0.15, -0.1) is 0 Å². The second-order valence-corrected chi connectivity index (χ2v) is 4.71. The summed E-state index contributed by atoms with van der Waals surface area (Å²) in [5, 5.41) is 3.70. The van der Waals surface area contributed by atoms with Gasteiger partial charge in [-0.2, -0.15) is 5.10 Å². The van der Waals surface area contributed by atoms with E-state index in [2.05, 4.69) is 26.5 Å². The number of hydrogen-bond acceptors (Lipinski definition) is 2. The standard InChI is InChI=1S/C14H9BrF2N2O/c15-11-7-9(5-6-13(11)17)8-18-19-14(20)10-3-1-2-4-12(10)16/h1-8H,(H,19,20)/b18-8+. The second kappa shape index (κ2) is 6.38. The molecule has 0 saturated heterocycles. The molecule has 1 N–H and O–H groups in total. The predicted octanol–water partition coefficient (Wildman–Crippen LogP) is 3.49. The average molecular weight is 339 g/mol. The molecular weight excluding hydrogens is 330 g/mol. The van der Waals surface area contributed by atoms with Crippen LogP contribution >= 0.6 is 15.9 Å². The molecule has 0 spiro atoms. The molecule has 1 amide bonds. The molecule has 2 aromatic rings. The van der Waals surface area contributed by atoms with Crippen LogP contribution in [0, 0.1) is 11.6 Å². The van der Waals surface area contributed by atoms with Crippen molar-refractivity contribution in [1.29, 1.82) is 0 Å². The first-order chi connectivity index (χ1) is 9.58. The number of benzene rings is 2. The van der Waals surface area contributed by atoms with Crippen molar-refractivity contribution in [1.82, 2.24) is 5.43 Å². The van der Waals surface area contributed by atoms with E-state index < -0.39 is 17.5 Å². The Labute approximate surface area is 122 Å². The molecular formula is C14H9BrF2N2O. The van der Waals surface area contributed by atoms with E-state index in [1.807, 2.05) is 0 Å². The lowest BCUT2D eigenvalue weighted by Gasteiger charge is -2.01. The summed E-state index contributed by atoms with van der Waals surface area (Å²) in [7, 11) is 0. The zero-order valence-electron chi connectivity index (χ0n) is 10.1. The van der Waals surface area contributed by atoms with Crippen LogP contribution in [0.5, 0.6) is 0 Å². The molecule has 20 heavy (non-hydrogen) atoms. The molecule has 0 unspecified atom stereocenters. The quantitative estimate of drug-likeness (QED) is 0.675. The molecule has 102 valence electrons. The first-order valence-electron chi connectivity index (χ1n) is 5.61. The number of hydrogen-bond donors (Lipinski definition) is 1. The van der Waals surface area contributed by atoms with Gasteiger partial charge in [0.05, 0.1) is 16.3 Å². The summed E-state index contributed by atoms with van der Waals surface area (Å²) in [5.74, 6) is -1.66. The molecule has 0 saturated carbocycles. The number of carbonyl (C=O) groups is 1. The van der Waals surface area contributed by atoms with Crippen LogP contribution in [0.1, 0.15) is 15.9 Å². The number of halogens is 3. The van der Waals surface area contributed by atoms with Crippen LogP contribution in [0.3, 0.4) is 0 Å². The highest BCUT2D eigenvalue weighted by Gasteiger charge is 2.09. The van der Waals surface area contributed by atoms with E-state index in [0.29, 0.717) is 10.0 Å². The summed E-state index contributed by atoms with van der Waals surface area (Å²) >= 11 is 3.04. The third-order valence-corrected chi connectivity index (χ3v) is 3.05. The molecule has 0 atom stereocenters. The minimum Gasteiger partial charge on any atom is -0.267 e. The Bertz CT molecular complexity index is 674. The van der Waals surface area contributed by atoms with E-state index in [-0.39, 0.29) is 5.56 Å². The van der Waals surface area contributed by atoms with E-state index in [1.165, 1.54) is 42.6 Å². The summed E-state index contributed by atoms with van der Waals surface area (Å²) in [5.41, 5.74) is 2.70. The second-order valence-electron chi connectivity index (χ2n) is 3.85. The number of nitrogens with zero attached hydrogens (tertiary/aromatic N) is 1. The van der Waals surface area contributed by atoms with Gasteiger partial charge >= 0.3 is 0 Å². The summed E-state index contributed by atoms with van der Waals surface area (Å²) in [6, 6.07) is 9.87. The van der Waals surface area contributed by atoms with Gasteiger partial charge in [-0.1, -0.05) is 18.2 Å².